The van der Waals surface area contributed by atoms with Crippen molar-refractivity contribution < 1.29 is 10.6 Å². The molecule has 78 valence electrons. The lowest BCUT2D eigenvalue weighted by molar-refractivity contribution is -0.907. The van der Waals surface area contributed by atoms with Gasteiger partial charge in [0, 0.05) is 5.56 Å². The van der Waals surface area contributed by atoms with Gasteiger partial charge in [-0.2, -0.15) is 0 Å². The number of benzene rings is 1. The van der Waals surface area contributed by atoms with Crippen LogP contribution in [0.4, 0.5) is 0 Å². The van der Waals surface area contributed by atoms with Crippen molar-refractivity contribution in [2.75, 3.05) is 19.6 Å². The molecule has 0 radical (unpaired) electrons. The van der Waals surface area contributed by atoms with E-state index in [4.69, 9.17) is 0 Å². The zero-order valence-corrected chi connectivity index (χ0v) is 9.29. The van der Waals surface area contributed by atoms with E-state index in [-0.39, 0.29) is 0 Å². The molecular weight excluding hydrogens is 172 g/mol. The Bertz CT molecular complexity index is 242. The molecule has 0 spiro atoms. The van der Waals surface area contributed by atoms with Gasteiger partial charge < -0.3 is 10.6 Å². The first kappa shape index (κ1) is 11.2. The van der Waals surface area contributed by atoms with Crippen LogP contribution in [0, 0.1) is 0 Å². The van der Waals surface area contributed by atoms with Crippen LogP contribution < -0.4 is 10.6 Å². The van der Waals surface area contributed by atoms with Crippen molar-refractivity contribution in [2.45, 2.75) is 19.9 Å². The second-order valence-corrected chi connectivity index (χ2v) is 3.77. The Morgan fingerprint density at radius 2 is 1.71 bits per heavy atom. The molecule has 0 aliphatic rings. The quantitative estimate of drug-likeness (QED) is 0.656. The molecule has 0 saturated heterocycles. The predicted molar refractivity (Wildman–Crippen MR) is 59.0 cm³/mol. The average molecular weight is 194 g/mol. The van der Waals surface area contributed by atoms with Crippen LogP contribution in [0.5, 0.6) is 0 Å². The predicted octanol–water partition coefficient (Wildman–Crippen LogP) is -0.106. The lowest BCUT2D eigenvalue weighted by atomic mass is 10.1. The largest absolute Gasteiger partial charge is 0.347 e. The van der Waals surface area contributed by atoms with E-state index in [1.807, 2.05) is 0 Å². The van der Waals surface area contributed by atoms with Crippen LogP contribution in [0.2, 0.25) is 0 Å². The Hall–Kier alpha value is -0.860. The lowest BCUT2D eigenvalue weighted by Gasteiger charge is -2.17. The van der Waals surface area contributed by atoms with Crippen LogP contribution in [0.25, 0.3) is 0 Å². The molecule has 0 aliphatic carbocycles. The molecule has 2 nitrogen and oxygen atoms in total. The summed E-state index contributed by atoms with van der Waals surface area (Å²) in [5.74, 6) is 0. The van der Waals surface area contributed by atoms with E-state index in [0.29, 0.717) is 6.04 Å². The van der Waals surface area contributed by atoms with Crippen LogP contribution in [0.15, 0.2) is 30.3 Å². The second-order valence-electron chi connectivity index (χ2n) is 3.77. The molecule has 1 aromatic rings. The molecule has 4 N–H and O–H groups in total. The Balaban J connectivity index is 2.54. The molecular formula is C12H22N2+2. The highest BCUT2D eigenvalue weighted by Crippen LogP contribution is 2.04. The van der Waals surface area contributed by atoms with Gasteiger partial charge in [-0.3, -0.25) is 0 Å². The third kappa shape index (κ3) is 3.13. The third-order valence-electron chi connectivity index (χ3n) is 2.81. The topological polar surface area (TPSA) is 32.1 Å². The van der Waals surface area contributed by atoms with Gasteiger partial charge in [-0.25, -0.2) is 0 Å². The van der Waals surface area contributed by atoms with Crippen LogP contribution in [0.1, 0.15) is 25.5 Å². The first-order valence-electron chi connectivity index (χ1n) is 5.49. The van der Waals surface area contributed by atoms with Crippen molar-refractivity contribution in [3.8, 4) is 0 Å². The SMILES string of the molecule is CC[NH+](CC)C[C@@H]([NH3+])c1ccccc1. The van der Waals surface area contributed by atoms with Gasteiger partial charge in [0.25, 0.3) is 0 Å². The Labute approximate surface area is 86.7 Å². The minimum atomic E-state index is 0.422. The van der Waals surface area contributed by atoms with Crippen molar-refractivity contribution in [1.82, 2.24) is 0 Å². The molecule has 2 heteroatoms. The van der Waals surface area contributed by atoms with Gasteiger partial charge in [-0.15, -0.1) is 0 Å². The number of nitrogens with one attached hydrogen (secondary N) is 1. The Morgan fingerprint density at radius 1 is 1.14 bits per heavy atom. The van der Waals surface area contributed by atoms with Gasteiger partial charge in [0.1, 0.15) is 6.54 Å². The highest BCUT2D eigenvalue weighted by molar-refractivity contribution is 5.16. The molecule has 1 atom stereocenters. The number of likely N-dealkylation sites (N-methyl/N-ethyl adjacent to an activating group) is 1. The molecule has 1 aromatic carbocycles. The second kappa shape index (κ2) is 5.78. The van der Waals surface area contributed by atoms with Crippen LogP contribution in [0.3, 0.4) is 0 Å². The van der Waals surface area contributed by atoms with Gasteiger partial charge in [0.15, 0.2) is 6.04 Å². The summed E-state index contributed by atoms with van der Waals surface area (Å²) >= 11 is 0. The molecule has 1 rings (SSSR count). The maximum Gasteiger partial charge on any atom is 0.160 e. The van der Waals surface area contributed by atoms with E-state index >= 15 is 0 Å². The fourth-order valence-corrected chi connectivity index (χ4v) is 1.73. The van der Waals surface area contributed by atoms with Crippen molar-refractivity contribution in [1.29, 1.82) is 0 Å². The fourth-order valence-electron chi connectivity index (χ4n) is 1.73. The summed E-state index contributed by atoms with van der Waals surface area (Å²) in [6.07, 6.45) is 0. The van der Waals surface area contributed by atoms with E-state index in [1.54, 1.807) is 4.90 Å². The average Bonchev–Trinajstić information content (AvgIpc) is 2.26. The summed E-state index contributed by atoms with van der Waals surface area (Å²) in [4.78, 5) is 1.62. The van der Waals surface area contributed by atoms with Crippen molar-refractivity contribution in [3.05, 3.63) is 35.9 Å². The molecule has 14 heavy (non-hydrogen) atoms. The van der Waals surface area contributed by atoms with Gasteiger partial charge in [-0.1, -0.05) is 30.3 Å². The highest BCUT2D eigenvalue weighted by atomic mass is 15.1. The first-order valence-corrected chi connectivity index (χ1v) is 5.49. The summed E-state index contributed by atoms with van der Waals surface area (Å²) in [6.45, 7) is 7.98. The van der Waals surface area contributed by atoms with Gasteiger partial charge in [-0.05, 0) is 13.8 Å². The normalized spacial score (nSPS) is 13.1. The molecule has 0 unspecified atom stereocenters. The van der Waals surface area contributed by atoms with Gasteiger partial charge >= 0.3 is 0 Å². The van der Waals surface area contributed by atoms with Crippen molar-refractivity contribution >= 4 is 0 Å². The molecule has 0 aliphatic heterocycles. The molecule has 0 aromatic heterocycles. The van der Waals surface area contributed by atoms with E-state index in [9.17, 15) is 0 Å². The third-order valence-corrected chi connectivity index (χ3v) is 2.81. The van der Waals surface area contributed by atoms with Crippen molar-refractivity contribution in [3.63, 3.8) is 0 Å². The number of rotatable bonds is 5. The number of hydrogen-bond acceptors (Lipinski definition) is 0. The number of quaternary nitrogens is 2. The zero-order chi connectivity index (χ0) is 10.4. The van der Waals surface area contributed by atoms with E-state index < -0.39 is 0 Å². The monoisotopic (exact) mass is 194 g/mol. The summed E-state index contributed by atoms with van der Waals surface area (Å²) in [6, 6.07) is 11.0. The van der Waals surface area contributed by atoms with Gasteiger partial charge in [0.05, 0.1) is 13.1 Å². The minimum absolute atomic E-state index is 0.422. The van der Waals surface area contributed by atoms with E-state index in [2.05, 4.69) is 49.9 Å². The standard InChI is InChI=1S/C12H20N2/c1-3-14(4-2)10-12(13)11-8-6-5-7-9-11/h5-9,12H,3-4,10,13H2,1-2H3/p+2/t12-/m1/s1. The smallest absolute Gasteiger partial charge is 0.160 e. The van der Waals surface area contributed by atoms with Crippen LogP contribution in [-0.4, -0.2) is 19.6 Å². The summed E-state index contributed by atoms with van der Waals surface area (Å²) < 4.78 is 0. The number of hydrogen-bond donors (Lipinski definition) is 2. The maximum atomic E-state index is 4.22. The molecule has 0 bridgehead atoms. The summed E-state index contributed by atoms with van der Waals surface area (Å²) in [5.41, 5.74) is 5.58. The van der Waals surface area contributed by atoms with E-state index in [0.717, 1.165) is 6.54 Å². The minimum Gasteiger partial charge on any atom is -0.347 e. The lowest BCUT2D eigenvalue weighted by Crippen LogP contribution is -3.12. The molecule has 0 heterocycles. The first-order chi connectivity index (χ1) is 6.77. The van der Waals surface area contributed by atoms with E-state index in [1.165, 1.54) is 18.7 Å². The zero-order valence-electron chi connectivity index (χ0n) is 9.29. The van der Waals surface area contributed by atoms with Crippen LogP contribution >= 0.6 is 0 Å². The maximum absolute atomic E-state index is 4.22. The molecule has 0 amide bonds. The molecule has 0 fully saturated rings. The summed E-state index contributed by atoms with van der Waals surface area (Å²) in [5, 5.41) is 0. The van der Waals surface area contributed by atoms with Gasteiger partial charge in [0.2, 0.25) is 0 Å². The molecule has 0 saturated carbocycles. The van der Waals surface area contributed by atoms with Crippen LogP contribution in [-0.2, 0) is 0 Å². The summed E-state index contributed by atoms with van der Waals surface area (Å²) in [7, 11) is 0. The fraction of sp³-hybridized carbons (Fsp3) is 0.500. The Morgan fingerprint density at radius 3 is 2.21 bits per heavy atom. The highest BCUT2D eigenvalue weighted by Gasteiger charge is 2.14. The Kier molecular flexibility index (Phi) is 4.63. The van der Waals surface area contributed by atoms with Crippen molar-refractivity contribution in [2.24, 2.45) is 0 Å².